The Morgan fingerprint density at radius 3 is 0.953 bits per heavy atom. The first-order valence-corrected chi connectivity index (χ1v) is 36.8. The molecule has 2 atom stereocenters. The summed E-state index contributed by atoms with van der Waals surface area (Å²) in [6.07, 6.45) is 83.8. The lowest BCUT2D eigenvalue weighted by molar-refractivity contribution is -0.870. The largest absolute Gasteiger partial charge is 0.477 e. The molecule has 498 valence electrons. The van der Waals surface area contributed by atoms with Crippen molar-refractivity contribution in [1.29, 1.82) is 0 Å². The SMILES string of the molecule is CCCCCCC/C=C\C/C=C\C/C=C\CCCCCCCCCCCCCCC(=O)OC(COC(=O)CCCCCCCCCCCCCCCCCCCCCCC/C=C\CCCCCCCCCC)COC(OCC[N+](C)(C)C)C(=O)O. The van der Waals surface area contributed by atoms with Crippen molar-refractivity contribution in [2.45, 2.75) is 373 Å². The standard InChI is InChI=1S/C76H141NO8/c1-6-8-10-12-14-16-18-20-22-24-26-28-30-32-34-35-36-37-38-39-41-42-44-46-48-50-52-54-56-58-60-62-64-66-73(78)83-70-72(71-84-76(75(80)81)82-69-68-77(3,4)5)85-74(79)67-65-63-61-59-57-55-53-51-49-47-45-43-40-33-31-29-27-25-23-21-19-17-15-13-11-9-7-2/h19,21,24-27,31,33,72,76H,6-18,20,22-23,28-30,32,34-71H2,1-5H3/p+1/b21-19-,26-24-,27-25-,33-31-. The first kappa shape index (κ1) is 82.2. The number of hydrogen-bond donors (Lipinski definition) is 1. The van der Waals surface area contributed by atoms with Gasteiger partial charge in [0.25, 0.3) is 6.29 Å². The Bertz CT molecular complexity index is 1530. The van der Waals surface area contributed by atoms with E-state index in [1.807, 2.05) is 21.1 Å². The Morgan fingerprint density at radius 2 is 0.635 bits per heavy atom. The van der Waals surface area contributed by atoms with Crippen LogP contribution in [-0.4, -0.2) is 87.4 Å². The van der Waals surface area contributed by atoms with Crippen LogP contribution in [0.1, 0.15) is 361 Å². The van der Waals surface area contributed by atoms with Crippen LogP contribution in [0.25, 0.3) is 0 Å². The Balaban J connectivity index is 4.04. The van der Waals surface area contributed by atoms with Gasteiger partial charge in [0, 0.05) is 12.8 Å². The van der Waals surface area contributed by atoms with Gasteiger partial charge in [0.15, 0.2) is 6.10 Å². The Hall–Kier alpha value is -2.75. The molecule has 0 heterocycles. The maximum absolute atomic E-state index is 12.9. The van der Waals surface area contributed by atoms with Gasteiger partial charge in [-0.2, -0.15) is 0 Å². The minimum absolute atomic E-state index is 0.179. The highest BCUT2D eigenvalue weighted by atomic mass is 16.7. The molecule has 1 N–H and O–H groups in total. The molecule has 0 aliphatic heterocycles. The fourth-order valence-corrected chi connectivity index (χ4v) is 10.9. The fourth-order valence-electron chi connectivity index (χ4n) is 10.9. The minimum atomic E-state index is -1.51. The summed E-state index contributed by atoms with van der Waals surface area (Å²) in [6.45, 7) is 4.92. The molecule has 0 saturated heterocycles. The number of aliphatic carboxylic acids is 1. The van der Waals surface area contributed by atoms with Gasteiger partial charge < -0.3 is 28.5 Å². The molecule has 0 bridgehead atoms. The number of carboxylic acid groups (broad SMARTS) is 1. The lowest BCUT2D eigenvalue weighted by Crippen LogP contribution is -2.40. The number of carbonyl (C=O) groups excluding carboxylic acids is 2. The third-order valence-corrected chi connectivity index (χ3v) is 16.6. The smallest absolute Gasteiger partial charge is 0.361 e. The van der Waals surface area contributed by atoms with Crippen molar-refractivity contribution in [2.24, 2.45) is 0 Å². The van der Waals surface area contributed by atoms with Crippen LogP contribution < -0.4 is 0 Å². The second-order valence-corrected chi connectivity index (χ2v) is 26.3. The molecule has 0 fully saturated rings. The number of esters is 2. The number of likely N-dealkylation sites (N-methyl/N-ethyl adjacent to an activating group) is 1. The van der Waals surface area contributed by atoms with Gasteiger partial charge in [-0.3, -0.25) is 9.59 Å². The lowest BCUT2D eigenvalue weighted by Gasteiger charge is -2.25. The second kappa shape index (κ2) is 67.2. The summed E-state index contributed by atoms with van der Waals surface area (Å²) < 4.78 is 23.0. The van der Waals surface area contributed by atoms with E-state index in [0.717, 1.165) is 51.4 Å². The second-order valence-electron chi connectivity index (χ2n) is 26.3. The number of carboxylic acids is 1. The molecule has 0 rings (SSSR count). The van der Waals surface area contributed by atoms with E-state index in [1.54, 1.807) is 0 Å². The Labute approximate surface area is 527 Å². The summed E-state index contributed by atoms with van der Waals surface area (Å²) >= 11 is 0. The molecule has 0 aliphatic carbocycles. The monoisotopic (exact) mass is 1200 g/mol. The minimum Gasteiger partial charge on any atom is -0.477 e. The van der Waals surface area contributed by atoms with Crippen LogP contribution in [-0.2, 0) is 33.3 Å². The molecule has 0 saturated carbocycles. The zero-order valence-corrected chi connectivity index (χ0v) is 57.0. The number of quaternary nitrogens is 1. The summed E-state index contributed by atoms with van der Waals surface area (Å²) in [5.41, 5.74) is 0. The molecule has 9 heteroatoms. The Kier molecular flexibility index (Phi) is 65.0. The highest BCUT2D eigenvalue weighted by Crippen LogP contribution is 2.19. The third kappa shape index (κ3) is 68.6. The van der Waals surface area contributed by atoms with E-state index in [-0.39, 0.29) is 32.2 Å². The molecule has 9 nitrogen and oxygen atoms in total. The maximum Gasteiger partial charge on any atom is 0.361 e. The fraction of sp³-hybridized carbons (Fsp3) is 0.855. The molecule has 0 aromatic rings. The molecule has 0 aromatic carbocycles. The van der Waals surface area contributed by atoms with Crippen LogP contribution in [0.3, 0.4) is 0 Å². The highest BCUT2D eigenvalue weighted by molar-refractivity contribution is 5.71. The van der Waals surface area contributed by atoms with Gasteiger partial charge in [-0.25, -0.2) is 4.79 Å². The molecule has 0 spiro atoms. The zero-order chi connectivity index (χ0) is 61.9. The molecule has 0 aliphatic rings. The van der Waals surface area contributed by atoms with Crippen LogP contribution in [0, 0.1) is 0 Å². The molecule has 0 radical (unpaired) electrons. The van der Waals surface area contributed by atoms with Crippen molar-refractivity contribution in [3.63, 3.8) is 0 Å². The van der Waals surface area contributed by atoms with Crippen LogP contribution in [0.4, 0.5) is 0 Å². The average Bonchev–Trinajstić information content (AvgIpc) is 3.48. The maximum atomic E-state index is 12.9. The number of ether oxygens (including phenoxy) is 4. The van der Waals surface area contributed by atoms with E-state index in [2.05, 4.69) is 62.5 Å². The lowest BCUT2D eigenvalue weighted by atomic mass is 10.0. The van der Waals surface area contributed by atoms with Gasteiger partial charge in [0.1, 0.15) is 13.2 Å². The van der Waals surface area contributed by atoms with E-state index in [1.165, 1.54) is 283 Å². The molecular weight excluding hydrogens is 1050 g/mol. The van der Waals surface area contributed by atoms with Crippen molar-refractivity contribution < 1.29 is 42.9 Å². The first-order valence-electron chi connectivity index (χ1n) is 36.8. The van der Waals surface area contributed by atoms with Crippen molar-refractivity contribution in [3.8, 4) is 0 Å². The summed E-state index contributed by atoms with van der Waals surface area (Å²) in [6, 6.07) is 0. The summed E-state index contributed by atoms with van der Waals surface area (Å²) in [5.74, 6) is -1.98. The van der Waals surface area contributed by atoms with E-state index in [4.69, 9.17) is 18.9 Å². The zero-order valence-electron chi connectivity index (χ0n) is 57.0. The summed E-state index contributed by atoms with van der Waals surface area (Å²) in [4.78, 5) is 37.7. The van der Waals surface area contributed by atoms with Crippen LogP contribution >= 0.6 is 0 Å². The predicted octanol–water partition coefficient (Wildman–Crippen LogP) is 22.9. The molecule has 0 aromatic heterocycles. The van der Waals surface area contributed by atoms with Gasteiger partial charge in [0.2, 0.25) is 0 Å². The van der Waals surface area contributed by atoms with E-state index >= 15 is 0 Å². The number of nitrogens with zero attached hydrogens (tertiary/aromatic N) is 1. The van der Waals surface area contributed by atoms with E-state index in [0.29, 0.717) is 17.4 Å². The van der Waals surface area contributed by atoms with E-state index in [9.17, 15) is 19.5 Å². The Morgan fingerprint density at radius 1 is 0.353 bits per heavy atom. The van der Waals surface area contributed by atoms with Gasteiger partial charge in [-0.05, 0) is 77.0 Å². The van der Waals surface area contributed by atoms with Crippen molar-refractivity contribution in [3.05, 3.63) is 48.6 Å². The van der Waals surface area contributed by atoms with Crippen molar-refractivity contribution in [2.75, 3.05) is 47.5 Å². The van der Waals surface area contributed by atoms with Gasteiger partial charge >= 0.3 is 17.9 Å². The van der Waals surface area contributed by atoms with Gasteiger partial charge in [-0.1, -0.05) is 319 Å². The summed E-state index contributed by atoms with van der Waals surface area (Å²) in [7, 11) is 5.99. The third-order valence-electron chi connectivity index (χ3n) is 16.6. The average molecular weight is 1200 g/mol. The number of hydrogen-bond acceptors (Lipinski definition) is 7. The number of rotatable bonds is 69. The first-order chi connectivity index (χ1) is 41.6. The molecule has 85 heavy (non-hydrogen) atoms. The molecular formula is C76H142NO8+. The topological polar surface area (TPSA) is 108 Å². The highest BCUT2D eigenvalue weighted by Gasteiger charge is 2.25. The van der Waals surface area contributed by atoms with Crippen LogP contribution in [0.15, 0.2) is 48.6 Å². The van der Waals surface area contributed by atoms with Crippen molar-refractivity contribution in [1.82, 2.24) is 0 Å². The predicted molar refractivity (Wildman–Crippen MR) is 364 cm³/mol. The van der Waals surface area contributed by atoms with Crippen LogP contribution in [0.5, 0.6) is 0 Å². The van der Waals surface area contributed by atoms with Crippen molar-refractivity contribution >= 4 is 17.9 Å². The molecule has 0 amide bonds. The normalized spacial score (nSPS) is 12.9. The number of carbonyl (C=O) groups is 3. The van der Waals surface area contributed by atoms with Gasteiger partial charge in [-0.15, -0.1) is 0 Å². The summed E-state index contributed by atoms with van der Waals surface area (Å²) in [5, 5.41) is 9.75. The van der Waals surface area contributed by atoms with E-state index < -0.39 is 24.3 Å². The van der Waals surface area contributed by atoms with Crippen LogP contribution in [0.2, 0.25) is 0 Å². The quantitative estimate of drug-likeness (QED) is 0.0211. The number of unbranched alkanes of at least 4 members (excludes halogenated alkanes) is 46. The van der Waals surface area contributed by atoms with Gasteiger partial charge in [0.05, 0.1) is 34.4 Å². The number of allylic oxidation sites excluding steroid dienone is 8. The molecule has 2 unspecified atom stereocenters.